The van der Waals surface area contributed by atoms with Gasteiger partial charge in [0.2, 0.25) is 11.8 Å². The molecule has 0 spiro atoms. The van der Waals surface area contributed by atoms with Gasteiger partial charge in [-0.1, -0.05) is 0 Å². The Morgan fingerprint density at radius 1 is 1.40 bits per heavy atom. The van der Waals surface area contributed by atoms with E-state index in [0.717, 1.165) is 25.9 Å². The molecule has 114 valence electrons. The molecule has 2 amide bonds. The second-order valence-electron chi connectivity index (χ2n) is 5.10. The number of aliphatic carboxylic acids is 1. The maximum Gasteiger partial charge on any atom is 0.317 e. The van der Waals surface area contributed by atoms with E-state index in [9.17, 15) is 14.4 Å². The molecule has 0 aromatic rings. The van der Waals surface area contributed by atoms with Crippen LogP contribution in [0.25, 0.3) is 0 Å². The molecule has 1 heterocycles. The van der Waals surface area contributed by atoms with Crippen molar-refractivity contribution < 1.29 is 19.5 Å². The van der Waals surface area contributed by atoms with Crippen molar-refractivity contribution >= 4 is 17.8 Å². The first kappa shape index (κ1) is 16.4. The lowest BCUT2D eigenvalue weighted by Crippen LogP contribution is -2.52. The summed E-state index contributed by atoms with van der Waals surface area (Å²) in [7, 11) is 1.97. The molecule has 0 aliphatic carbocycles. The first-order valence-corrected chi connectivity index (χ1v) is 6.58. The molecule has 20 heavy (non-hydrogen) atoms. The normalized spacial score (nSPS) is 19.8. The second kappa shape index (κ2) is 7.81. The van der Waals surface area contributed by atoms with E-state index in [4.69, 9.17) is 10.8 Å². The summed E-state index contributed by atoms with van der Waals surface area (Å²) in [4.78, 5) is 37.0. The number of hydrogen-bond acceptors (Lipinski definition) is 5. The number of likely N-dealkylation sites (tertiary alicyclic amines) is 1. The predicted octanol–water partition coefficient (Wildman–Crippen LogP) is -1.93. The number of nitrogens with zero attached hydrogens (tertiary/aromatic N) is 2. The fraction of sp³-hybridized carbons (Fsp3) is 0.750. The Bertz CT molecular complexity index is 374. The third-order valence-corrected chi connectivity index (χ3v) is 3.26. The van der Waals surface area contributed by atoms with Crippen LogP contribution >= 0.6 is 0 Å². The first-order chi connectivity index (χ1) is 9.38. The third kappa shape index (κ3) is 5.98. The lowest BCUT2D eigenvalue weighted by molar-refractivity contribution is -0.140. The largest absolute Gasteiger partial charge is 0.480 e. The van der Waals surface area contributed by atoms with Crippen LogP contribution in [-0.2, 0) is 14.4 Å². The SMILES string of the molecule is CN1CCCC(N(CC(=O)O)CC(=O)NCC(N)=O)C1. The van der Waals surface area contributed by atoms with Crippen molar-refractivity contribution in [3.63, 3.8) is 0 Å². The van der Waals surface area contributed by atoms with Gasteiger partial charge in [-0.25, -0.2) is 0 Å². The topological polar surface area (TPSA) is 116 Å². The monoisotopic (exact) mass is 286 g/mol. The maximum atomic E-state index is 11.7. The van der Waals surface area contributed by atoms with E-state index >= 15 is 0 Å². The molecule has 0 bridgehead atoms. The number of nitrogens with one attached hydrogen (secondary N) is 1. The Labute approximate surface area is 117 Å². The average Bonchev–Trinajstić information content (AvgIpc) is 2.35. The molecule has 1 aliphatic heterocycles. The number of carboxylic acid groups (broad SMARTS) is 1. The summed E-state index contributed by atoms with van der Waals surface area (Å²) in [6, 6.07) is 0.0316. The van der Waals surface area contributed by atoms with Crippen LogP contribution in [0.1, 0.15) is 12.8 Å². The van der Waals surface area contributed by atoms with Gasteiger partial charge in [0, 0.05) is 12.6 Å². The molecule has 4 N–H and O–H groups in total. The van der Waals surface area contributed by atoms with Crippen molar-refractivity contribution in [1.82, 2.24) is 15.1 Å². The summed E-state index contributed by atoms with van der Waals surface area (Å²) in [5.74, 6) is -1.99. The van der Waals surface area contributed by atoms with E-state index in [1.165, 1.54) is 0 Å². The number of piperidine rings is 1. The van der Waals surface area contributed by atoms with Gasteiger partial charge in [-0.05, 0) is 26.4 Å². The van der Waals surface area contributed by atoms with Crippen molar-refractivity contribution in [1.29, 1.82) is 0 Å². The molecule has 1 rings (SSSR count). The van der Waals surface area contributed by atoms with Gasteiger partial charge in [0.15, 0.2) is 0 Å². The third-order valence-electron chi connectivity index (χ3n) is 3.26. The van der Waals surface area contributed by atoms with Gasteiger partial charge >= 0.3 is 5.97 Å². The summed E-state index contributed by atoms with van der Waals surface area (Å²) in [5.41, 5.74) is 4.95. The van der Waals surface area contributed by atoms with Gasteiger partial charge in [0.1, 0.15) is 0 Å². The molecule has 1 fully saturated rings. The van der Waals surface area contributed by atoms with Crippen molar-refractivity contribution in [2.45, 2.75) is 18.9 Å². The molecule has 1 unspecified atom stereocenters. The summed E-state index contributed by atoms with van der Waals surface area (Å²) in [6.45, 7) is 1.24. The Kier molecular flexibility index (Phi) is 6.40. The van der Waals surface area contributed by atoms with Gasteiger partial charge in [-0.2, -0.15) is 0 Å². The summed E-state index contributed by atoms with van der Waals surface area (Å²) in [6.07, 6.45) is 1.83. The molecule has 1 atom stereocenters. The number of carbonyl (C=O) groups is 3. The number of primary amides is 1. The molecule has 1 saturated heterocycles. The van der Waals surface area contributed by atoms with E-state index in [2.05, 4.69) is 10.2 Å². The first-order valence-electron chi connectivity index (χ1n) is 6.58. The number of carboxylic acids is 1. The van der Waals surface area contributed by atoms with Crippen LogP contribution in [0.2, 0.25) is 0 Å². The standard InChI is InChI=1S/C12H22N4O4/c1-15-4-2-3-9(6-15)16(8-12(19)20)7-11(18)14-5-10(13)17/h9H,2-8H2,1H3,(H2,13,17)(H,14,18)(H,19,20). The van der Waals surface area contributed by atoms with Crippen LogP contribution in [-0.4, -0.2) is 78.5 Å². The minimum atomic E-state index is -0.971. The maximum absolute atomic E-state index is 11.7. The Morgan fingerprint density at radius 2 is 2.10 bits per heavy atom. The van der Waals surface area contributed by atoms with Gasteiger partial charge in [0.05, 0.1) is 19.6 Å². The number of carbonyl (C=O) groups excluding carboxylic acids is 2. The minimum Gasteiger partial charge on any atom is -0.480 e. The highest BCUT2D eigenvalue weighted by Crippen LogP contribution is 2.14. The van der Waals surface area contributed by atoms with Crippen molar-refractivity contribution in [2.24, 2.45) is 5.73 Å². The fourth-order valence-corrected chi connectivity index (χ4v) is 2.35. The highest BCUT2D eigenvalue weighted by Gasteiger charge is 2.26. The molecule has 0 saturated carbocycles. The average molecular weight is 286 g/mol. The molecule has 0 radical (unpaired) electrons. The van der Waals surface area contributed by atoms with E-state index < -0.39 is 17.8 Å². The minimum absolute atomic E-state index is 0.0316. The van der Waals surface area contributed by atoms with Gasteiger partial charge < -0.3 is 21.1 Å². The zero-order valence-electron chi connectivity index (χ0n) is 11.7. The van der Waals surface area contributed by atoms with Crippen LogP contribution in [0.3, 0.4) is 0 Å². The molecule has 8 heteroatoms. The number of amides is 2. The summed E-state index contributed by atoms with van der Waals surface area (Å²) < 4.78 is 0. The Morgan fingerprint density at radius 3 is 2.65 bits per heavy atom. The molecule has 1 aliphatic rings. The van der Waals surface area contributed by atoms with Gasteiger partial charge in [-0.15, -0.1) is 0 Å². The van der Waals surface area contributed by atoms with Crippen molar-refractivity contribution in [2.75, 3.05) is 39.8 Å². The van der Waals surface area contributed by atoms with Gasteiger partial charge in [-0.3, -0.25) is 19.3 Å². The molecular weight excluding hydrogens is 264 g/mol. The quantitative estimate of drug-likeness (QED) is 0.502. The fourth-order valence-electron chi connectivity index (χ4n) is 2.35. The van der Waals surface area contributed by atoms with Crippen molar-refractivity contribution in [3.8, 4) is 0 Å². The van der Waals surface area contributed by atoms with E-state index in [1.54, 1.807) is 4.90 Å². The molecule has 8 nitrogen and oxygen atoms in total. The Balaban J connectivity index is 2.56. The van der Waals surface area contributed by atoms with Crippen LogP contribution < -0.4 is 11.1 Å². The lowest BCUT2D eigenvalue weighted by atomic mass is 10.0. The van der Waals surface area contributed by atoms with Crippen LogP contribution in [0.15, 0.2) is 0 Å². The number of rotatable bonds is 7. The highest BCUT2D eigenvalue weighted by atomic mass is 16.4. The van der Waals surface area contributed by atoms with E-state index in [1.807, 2.05) is 7.05 Å². The number of hydrogen-bond donors (Lipinski definition) is 3. The highest BCUT2D eigenvalue weighted by molar-refractivity contribution is 5.85. The zero-order valence-corrected chi connectivity index (χ0v) is 11.7. The van der Waals surface area contributed by atoms with Crippen LogP contribution in [0.5, 0.6) is 0 Å². The number of nitrogens with two attached hydrogens (primary N) is 1. The molecule has 0 aromatic carbocycles. The van der Waals surface area contributed by atoms with Gasteiger partial charge in [0.25, 0.3) is 0 Å². The van der Waals surface area contributed by atoms with Crippen LogP contribution in [0, 0.1) is 0 Å². The van der Waals surface area contributed by atoms with Crippen molar-refractivity contribution in [3.05, 3.63) is 0 Å². The molecular formula is C12H22N4O4. The lowest BCUT2D eigenvalue weighted by Gasteiger charge is -2.36. The van der Waals surface area contributed by atoms with E-state index in [-0.39, 0.29) is 25.7 Å². The molecule has 0 aromatic heterocycles. The second-order valence-corrected chi connectivity index (χ2v) is 5.10. The van der Waals surface area contributed by atoms with Crippen LogP contribution in [0.4, 0.5) is 0 Å². The van der Waals surface area contributed by atoms with E-state index in [0.29, 0.717) is 0 Å². The smallest absolute Gasteiger partial charge is 0.317 e. The summed E-state index contributed by atoms with van der Waals surface area (Å²) >= 11 is 0. The number of likely N-dealkylation sites (N-methyl/N-ethyl adjacent to an activating group) is 1. The zero-order chi connectivity index (χ0) is 15.1. The summed E-state index contributed by atoms with van der Waals surface area (Å²) in [5, 5.41) is 11.3. The predicted molar refractivity (Wildman–Crippen MR) is 71.9 cm³/mol. The Hall–Kier alpha value is -1.67.